The number of likely N-dealkylation sites (N-methyl/N-ethyl adjacent to an activating group) is 1. The molecule has 1 atom stereocenters. The number of alkyl carbamates (subject to hydrolysis) is 1. The van der Waals surface area contributed by atoms with E-state index in [1.54, 1.807) is 6.08 Å². The first-order valence-corrected chi connectivity index (χ1v) is 17.8. The molecular formula is C38H50N2O8S. The number of carbonyl (C=O) groups excluding carboxylic acids is 4. The van der Waals surface area contributed by atoms with Crippen molar-refractivity contribution >= 4 is 41.0 Å². The van der Waals surface area contributed by atoms with Crippen LogP contribution in [-0.2, 0) is 20.7 Å². The van der Waals surface area contributed by atoms with Gasteiger partial charge in [-0.15, -0.1) is 0 Å². The van der Waals surface area contributed by atoms with E-state index >= 15 is 0 Å². The summed E-state index contributed by atoms with van der Waals surface area (Å²) < 4.78 is 23.7. The Morgan fingerprint density at radius 3 is 2.33 bits per heavy atom. The molecule has 2 aromatic carbocycles. The first kappa shape index (κ1) is 37.8. The molecule has 1 unspecified atom stereocenters. The van der Waals surface area contributed by atoms with Gasteiger partial charge in [-0.1, -0.05) is 31.4 Å². The van der Waals surface area contributed by atoms with E-state index in [0.29, 0.717) is 36.0 Å². The third kappa shape index (κ3) is 10.0. The van der Waals surface area contributed by atoms with Crippen LogP contribution in [0.15, 0.2) is 29.2 Å². The van der Waals surface area contributed by atoms with Crippen LogP contribution >= 0.6 is 11.8 Å². The average Bonchev–Trinajstić information content (AvgIpc) is 3.27. The third-order valence-electron chi connectivity index (χ3n) is 8.77. The number of nitrogens with zero attached hydrogens (tertiary/aromatic N) is 1. The summed E-state index contributed by atoms with van der Waals surface area (Å²) in [6, 6.07) is 7.38. The van der Waals surface area contributed by atoms with Crippen molar-refractivity contribution in [3.63, 3.8) is 0 Å². The van der Waals surface area contributed by atoms with Gasteiger partial charge in [-0.2, -0.15) is 0 Å². The van der Waals surface area contributed by atoms with Crippen LogP contribution in [0.4, 0.5) is 9.59 Å². The van der Waals surface area contributed by atoms with Crippen molar-refractivity contribution in [2.24, 2.45) is 0 Å². The van der Waals surface area contributed by atoms with E-state index in [1.165, 1.54) is 7.05 Å². The number of ether oxygens (including phenoxy) is 4. The number of hydrogen-bond acceptors (Lipinski definition) is 9. The molecular weight excluding hydrogens is 644 g/mol. The van der Waals surface area contributed by atoms with Gasteiger partial charge in [-0.3, -0.25) is 14.5 Å². The van der Waals surface area contributed by atoms with Crippen LogP contribution in [0.2, 0.25) is 0 Å². The van der Waals surface area contributed by atoms with E-state index in [4.69, 9.17) is 18.9 Å². The summed E-state index contributed by atoms with van der Waals surface area (Å²) in [6.45, 7) is 14.7. The average molecular weight is 695 g/mol. The maximum atomic E-state index is 13.2. The first-order chi connectivity index (χ1) is 23.1. The molecule has 2 aromatic rings. The molecule has 10 nitrogen and oxygen atoms in total. The predicted molar refractivity (Wildman–Crippen MR) is 191 cm³/mol. The second-order valence-electron chi connectivity index (χ2n) is 14.0. The van der Waals surface area contributed by atoms with E-state index < -0.39 is 17.3 Å². The Morgan fingerprint density at radius 1 is 1.00 bits per heavy atom. The fraction of sp³-hybridized carbons (Fsp3) is 0.526. The molecule has 1 fully saturated rings. The number of imide groups is 1. The molecule has 0 aromatic heterocycles. The largest absolute Gasteiger partial charge is 0.489 e. The minimum Gasteiger partial charge on any atom is -0.489 e. The molecule has 2 heterocycles. The third-order valence-corrected chi connectivity index (χ3v) is 9.73. The van der Waals surface area contributed by atoms with Crippen LogP contribution in [0.25, 0.3) is 6.08 Å². The van der Waals surface area contributed by atoms with Gasteiger partial charge in [0.1, 0.15) is 29.3 Å². The topological polar surface area (TPSA) is 120 Å². The zero-order chi connectivity index (χ0) is 35.9. The highest BCUT2D eigenvalue weighted by atomic mass is 32.2. The molecule has 4 rings (SSSR count). The number of unbranched alkanes of at least 4 members (excludes halogenated alkanes) is 4. The lowest BCUT2D eigenvalue weighted by Crippen LogP contribution is -2.42. The zero-order valence-electron chi connectivity index (χ0n) is 30.1. The molecule has 2 aliphatic heterocycles. The highest BCUT2D eigenvalue weighted by molar-refractivity contribution is 8.18. The lowest BCUT2D eigenvalue weighted by molar-refractivity contribution is -0.121. The minimum absolute atomic E-state index is 0.280. The van der Waals surface area contributed by atoms with Gasteiger partial charge in [0.25, 0.3) is 11.1 Å². The van der Waals surface area contributed by atoms with Gasteiger partial charge in [0.2, 0.25) is 0 Å². The number of benzene rings is 2. The number of hydrogen-bond donors (Lipinski definition) is 1. The van der Waals surface area contributed by atoms with Crippen LogP contribution in [-0.4, -0.2) is 66.1 Å². The number of esters is 1. The molecule has 1 saturated heterocycles. The lowest BCUT2D eigenvalue weighted by Gasteiger charge is -2.38. The number of carbonyl (C=O) groups is 4. The molecule has 0 saturated carbocycles. The quantitative estimate of drug-likeness (QED) is 0.126. The van der Waals surface area contributed by atoms with Gasteiger partial charge < -0.3 is 24.3 Å². The Balaban J connectivity index is 1.25. The summed E-state index contributed by atoms with van der Waals surface area (Å²) in [4.78, 5) is 50.4. The van der Waals surface area contributed by atoms with E-state index in [-0.39, 0.29) is 17.1 Å². The van der Waals surface area contributed by atoms with Gasteiger partial charge >= 0.3 is 12.1 Å². The predicted octanol–water partition coefficient (Wildman–Crippen LogP) is 8.07. The minimum atomic E-state index is -0.567. The van der Waals surface area contributed by atoms with Crippen LogP contribution < -0.4 is 14.8 Å². The summed E-state index contributed by atoms with van der Waals surface area (Å²) >= 11 is 0.931. The lowest BCUT2D eigenvalue weighted by atomic mass is 9.85. The van der Waals surface area contributed by atoms with Crippen LogP contribution in [0, 0.1) is 20.8 Å². The molecule has 11 heteroatoms. The highest BCUT2D eigenvalue weighted by Gasteiger charge is 2.36. The van der Waals surface area contributed by atoms with Gasteiger partial charge in [-0.25, -0.2) is 9.59 Å². The van der Waals surface area contributed by atoms with E-state index in [0.717, 1.165) is 95.2 Å². The fourth-order valence-corrected chi connectivity index (χ4v) is 6.64. The van der Waals surface area contributed by atoms with E-state index in [9.17, 15) is 19.2 Å². The number of nitrogens with one attached hydrogen (secondary N) is 1. The maximum absolute atomic E-state index is 13.2. The number of rotatable bonds is 13. The van der Waals surface area contributed by atoms with Gasteiger partial charge in [0.05, 0.1) is 17.1 Å². The first-order valence-electron chi connectivity index (χ1n) is 17.0. The van der Waals surface area contributed by atoms with Crippen molar-refractivity contribution in [3.8, 4) is 11.5 Å². The molecule has 0 aliphatic carbocycles. The molecule has 2 aliphatic rings. The number of thioether (sulfide) groups is 1. The van der Waals surface area contributed by atoms with E-state index in [1.807, 2.05) is 72.7 Å². The Bertz CT molecular complexity index is 1590. The zero-order valence-corrected chi connectivity index (χ0v) is 30.9. The summed E-state index contributed by atoms with van der Waals surface area (Å²) in [5, 5.41) is 2.50. The highest BCUT2D eigenvalue weighted by Crippen LogP contribution is 2.41. The van der Waals surface area contributed by atoms with Gasteiger partial charge in [-0.05, 0) is 132 Å². The monoisotopic (exact) mass is 694 g/mol. The summed E-state index contributed by atoms with van der Waals surface area (Å²) in [5.41, 5.74) is 4.09. The Kier molecular flexibility index (Phi) is 12.5. The Labute approximate surface area is 294 Å². The molecule has 266 valence electrons. The summed E-state index contributed by atoms with van der Waals surface area (Å²) in [5.74, 6) is 0.889. The molecule has 49 heavy (non-hydrogen) atoms. The van der Waals surface area contributed by atoms with Crippen molar-refractivity contribution in [3.05, 3.63) is 62.6 Å². The summed E-state index contributed by atoms with van der Waals surface area (Å²) in [6.07, 6.45) is 7.35. The number of amides is 3. The van der Waals surface area contributed by atoms with Crippen molar-refractivity contribution < 1.29 is 38.1 Å². The van der Waals surface area contributed by atoms with Crippen molar-refractivity contribution in [1.29, 1.82) is 0 Å². The maximum Gasteiger partial charge on any atom is 0.407 e. The SMILES string of the molecule is Cc1c(C)c(C(=O)OCCCCCCCNC(=O)OC(C)(C)C)c(C)c2c1OC(C)(COc1ccc(/C=C3\SC(=O)N(C)C3=O)cc1)CC2. The van der Waals surface area contributed by atoms with E-state index in [2.05, 4.69) is 5.32 Å². The molecule has 0 bridgehead atoms. The van der Waals surface area contributed by atoms with Gasteiger partial charge in [0.15, 0.2) is 0 Å². The number of fused-ring (bicyclic) bond motifs is 1. The van der Waals surface area contributed by atoms with Crippen LogP contribution in [0.3, 0.4) is 0 Å². The smallest absolute Gasteiger partial charge is 0.407 e. The van der Waals surface area contributed by atoms with Crippen molar-refractivity contribution in [2.45, 2.75) is 105 Å². The molecule has 3 amide bonds. The molecule has 0 spiro atoms. The normalized spacial score (nSPS) is 18.3. The van der Waals surface area contributed by atoms with Crippen molar-refractivity contribution in [2.75, 3.05) is 26.8 Å². The Hall–Kier alpha value is -3.99. The second-order valence-corrected chi connectivity index (χ2v) is 15.0. The standard InChI is InChI=1S/C38H50N2O8S/c1-24-25(2)32-29(26(3)31(24)34(42)45-21-13-11-9-10-12-20-39-35(43)48-37(4,5)6)18-19-38(7,47-32)23-46-28-16-14-27(15-17-28)22-30-33(41)40(8)36(44)49-30/h14-17,22H,9-13,18-21,23H2,1-8H3,(H,39,43)/b30-22-. The van der Waals surface area contributed by atoms with Crippen LogP contribution in [0.1, 0.15) is 104 Å². The second kappa shape index (κ2) is 16.1. The summed E-state index contributed by atoms with van der Waals surface area (Å²) in [7, 11) is 1.48. The van der Waals surface area contributed by atoms with Gasteiger partial charge in [0, 0.05) is 13.6 Å². The molecule has 1 N–H and O–H groups in total. The van der Waals surface area contributed by atoms with Crippen LogP contribution in [0.5, 0.6) is 11.5 Å². The Morgan fingerprint density at radius 2 is 1.67 bits per heavy atom. The van der Waals surface area contributed by atoms with Crippen molar-refractivity contribution in [1.82, 2.24) is 10.2 Å². The fourth-order valence-electron chi connectivity index (χ4n) is 5.81. The molecule has 0 radical (unpaired) electrons.